The minimum atomic E-state index is 0.182. The molecule has 0 atom stereocenters. The van der Waals surface area contributed by atoms with E-state index in [1.807, 2.05) is 6.07 Å². The average molecular weight is 204 g/mol. The third kappa shape index (κ3) is 3.19. The summed E-state index contributed by atoms with van der Waals surface area (Å²) < 4.78 is 0. The van der Waals surface area contributed by atoms with Crippen LogP contribution in [-0.4, -0.2) is 5.78 Å². The van der Waals surface area contributed by atoms with Crippen molar-refractivity contribution in [1.29, 1.82) is 0 Å². The van der Waals surface area contributed by atoms with Gasteiger partial charge in [0.15, 0.2) is 5.78 Å². The van der Waals surface area contributed by atoms with E-state index in [9.17, 15) is 4.79 Å². The van der Waals surface area contributed by atoms with Gasteiger partial charge in [0.25, 0.3) is 0 Å². The molecular formula is C14H20O. The van der Waals surface area contributed by atoms with Gasteiger partial charge < -0.3 is 0 Å². The summed E-state index contributed by atoms with van der Waals surface area (Å²) >= 11 is 0. The number of Topliss-reactive ketones (excluding diaryl/α,β-unsaturated/α-hetero) is 1. The minimum Gasteiger partial charge on any atom is -0.295 e. The molecule has 0 aliphatic carbocycles. The molecule has 1 heteroatoms. The lowest BCUT2D eigenvalue weighted by molar-refractivity contribution is 0.101. The highest BCUT2D eigenvalue weighted by Gasteiger charge is 2.06. The molecule has 0 radical (unpaired) electrons. The van der Waals surface area contributed by atoms with Crippen LogP contribution in [0.2, 0.25) is 0 Å². The molecular weight excluding hydrogens is 184 g/mol. The van der Waals surface area contributed by atoms with E-state index in [-0.39, 0.29) is 5.78 Å². The fourth-order valence-corrected chi connectivity index (χ4v) is 1.91. The Morgan fingerprint density at radius 3 is 2.33 bits per heavy atom. The van der Waals surface area contributed by atoms with Gasteiger partial charge in [-0.15, -0.1) is 0 Å². The van der Waals surface area contributed by atoms with Crippen LogP contribution in [0.15, 0.2) is 18.2 Å². The second-order valence-corrected chi connectivity index (χ2v) is 4.05. The van der Waals surface area contributed by atoms with Crippen LogP contribution in [0, 0.1) is 0 Å². The molecule has 82 valence electrons. The Bertz CT molecular complexity index is 339. The van der Waals surface area contributed by atoms with E-state index in [2.05, 4.69) is 26.0 Å². The summed E-state index contributed by atoms with van der Waals surface area (Å²) in [5.41, 5.74) is 3.47. The second-order valence-electron chi connectivity index (χ2n) is 4.05. The van der Waals surface area contributed by atoms with Crippen LogP contribution in [0.5, 0.6) is 0 Å². The first kappa shape index (κ1) is 12.0. The van der Waals surface area contributed by atoms with Crippen molar-refractivity contribution in [2.75, 3.05) is 0 Å². The Morgan fingerprint density at radius 2 is 1.80 bits per heavy atom. The minimum absolute atomic E-state index is 0.182. The molecule has 1 aromatic carbocycles. The van der Waals surface area contributed by atoms with Crippen molar-refractivity contribution in [3.63, 3.8) is 0 Å². The van der Waals surface area contributed by atoms with Crippen LogP contribution < -0.4 is 0 Å². The van der Waals surface area contributed by atoms with Crippen molar-refractivity contribution in [2.45, 2.75) is 46.5 Å². The Kier molecular flexibility index (Phi) is 4.54. The summed E-state index contributed by atoms with van der Waals surface area (Å²) in [5.74, 6) is 0.182. The average Bonchev–Trinajstić information content (AvgIpc) is 2.18. The normalized spacial score (nSPS) is 10.3. The Labute approximate surface area is 92.5 Å². The highest BCUT2D eigenvalue weighted by Crippen LogP contribution is 2.16. The molecule has 0 aliphatic heterocycles. The van der Waals surface area contributed by atoms with Gasteiger partial charge in [0.1, 0.15) is 0 Å². The van der Waals surface area contributed by atoms with Gasteiger partial charge in [-0.05, 0) is 30.9 Å². The van der Waals surface area contributed by atoms with Gasteiger partial charge in [0.2, 0.25) is 0 Å². The van der Waals surface area contributed by atoms with Crippen molar-refractivity contribution < 1.29 is 4.79 Å². The van der Waals surface area contributed by atoms with Crippen LogP contribution >= 0.6 is 0 Å². The number of hydrogen-bond donors (Lipinski definition) is 0. The molecule has 0 amide bonds. The molecule has 0 aliphatic rings. The zero-order chi connectivity index (χ0) is 11.3. The van der Waals surface area contributed by atoms with Gasteiger partial charge in [0.05, 0.1) is 0 Å². The predicted molar refractivity (Wildman–Crippen MR) is 64.4 cm³/mol. The SMILES string of the molecule is CCCc1ccc(C(C)=O)c(CCC)c1. The maximum atomic E-state index is 11.4. The molecule has 0 bridgehead atoms. The van der Waals surface area contributed by atoms with E-state index in [4.69, 9.17) is 0 Å². The lowest BCUT2D eigenvalue weighted by Crippen LogP contribution is -2.00. The van der Waals surface area contributed by atoms with Crippen molar-refractivity contribution in [2.24, 2.45) is 0 Å². The molecule has 0 N–H and O–H groups in total. The number of rotatable bonds is 5. The van der Waals surface area contributed by atoms with Gasteiger partial charge in [-0.3, -0.25) is 4.79 Å². The highest BCUT2D eigenvalue weighted by molar-refractivity contribution is 5.95. The van der Waals surface area contributed by atoms with Gasteiger partial charge in [-0.2, -0.15) is 0 Å². The van der Waals surface area contributed by atoms with Crippen molar-refractivity contribution >= 4 is 5.78 Å². The van der Waals surface area contributed by atoms with Gasteiger partial charge in [-0.1, -0.05) is 44.9 Å². The van der Waals surface area contributed by atoms with Crippen molar-refractivity contribution in [3.8, 4) is 0 Å². The molecule has 0 saturated carbocycles. The quantitative estimate of drug-likeness (QED) is 0.667. The highest BCUT2D eigenvalue weighted by atomic mass is 16.1. The summed E-state index contributed by atoms with van der Waals surface area (Å²) in [5, 5.41) is 0. The summed E-state index contributed by atoms with van der Waals surface area (Å²) in [6.07, 6.45) is 4.36. The molecule has 0 heterocycles. The lowest BCUT2D eigenvalue weighted by atomic mass is 9.96. The summed E-state index contributed by atoms with van der Waals surface area (Å²) in [7, 11) is 0. The van der Waals surface area contributed by atoms with E-state index in [1.165, 1.54) is 11.1 Å². The summed E-state index contributed by atoms with van der Waals surface area (Å²) in [6, 6.07) is 6.27. The number of benzene rings is 1. The fourth-order valence-electron chi connectivity index (χ4n) is 1.91. The van der Waals surface area contributed by atoms with E-state index in [0.29, 0.717) is 0 Å². The second kappa shape index (κ2) is 5.69. The molecule has 0 fully saturated rings. The maximum absolute atomic E-state index is 11.4. The number of aryl methyl sites for hydroxylation is 2. The van der Waals surface area contributed by atoms with Crippen LogP contribution in [0.3, 0.4) is 0 Å². The first-order valence-electron chi connectivity index (χ1n) is 5.81. The van der Waals surface area contributed by atoms with Crippen LogP contribution in [-0.2, 0) is 12.8 Å². The zero-order valence-corrected chi connectivity index (χ0v) is 9.97. The number of carbonyl (C=O) groups excluding carboxylic acids is 1. The predicted octanol–water partition coefficient (Wildman–Crippen LogP) is 3.79. The number of carbonyl (C=O) groups is 1. The maximum Gasteiger partial charge on any atom is 0.160 e. The molecule has 0 spiro atoms. The largest absolute Gasteiger partial charge is 0.295 e. The van der Waals surface area contributed by atoms with E-state index < -0.39 is 0 Å². The standard InChI is InChI=1S/C14H20O/c1-4-6-12-8-9-14(11(3)15)13(10-12)7-5-2/h8-10H,4-7H2,1-3H3. The Hall–Kier alpha value is -1.11. The number of hydrogen-bond acceptors (Lipinski definition) is 1. The molecule has 0 saturated heterocycles. The summed E-state index contributed by atoms with van der Waals surface area (Å²) in [4.78, 5) is 11.4. The van der Waals surface area contributed by atoms with E-state index >= 15 is 0 Å². The summed E-state index contributed by atoms with van der Waals surface area (Å²) in [6.45, 7) is 5.97. The van der Waals surface area contributed by atoms with Crippen molar-refractivity contribution in [1.82, 2.24) is 0 Å². The molecule has 15 heavy (non-hydrogen) atoms. The molecule has 0 unspecified atom stereocenters. The molecule has 1 aromatic rings. The van der Waals surface area contributed by atoms with E-state index in [0.717, 1.165) is 31.2 Å². The Balaban J connectivity index is 3.03. The van der Waals surface area contributed by atoms with Gasteiger partial charge in [0, 0.05) is 5.56 Å². The topological polar surface area (TPSA) is 17.1 Å². The monoisotopic (exact) mass is 204 g/mol. The third-order valence-electron chi connectivity index (χ3n) is 2.61. The molecule has 0 aromatic heterocycles. The fraction of sp³-hybridized carbons (Fsp3) is 0.500. The Morgan fingerprint density at radius 1 is 1.13 bits per heavy atom. The van der Waals surface area contributed by atoms with Gasteiger partial charge in [-0.25, -0.2) is 0 Å². The van der Waals surface area contributed by atoms with Crippen LogP contribution in [0.25, 0.3) is 0 Å². The lowest BCUT2D eigenvalue weighted by Gasteiger charge is -2.08. The molecule has 1 rings (SSSR count). The zero-order valence-electron chi connectivity index (χ0n) is 9.97. The van der Waals surface area contributed by atoms with E-state index in [1.54, 1.807) is 6.92 Å². The van der Waals surface area contributed by atoms with Crippen molar-refractivity contribution in [3.05, 3.63) is 34.9 Å². The first-order chi connectivity index (χ1) is 7.19. The van der Waals surface area contributed by atoms with Gasteiger partial charge >= 0.3 is 0 Å². The first-order valence-corrected chi connectivity index (χ1v) is 5.81. The number of ketones is 1. The van der Waals surface area contributed by atoms with Crippen LogP contribution in [0.1, 0.15) is 55.1 Å². The van der Waals surface area contributed by atoms with Crippen LogP contribution in [0.4, 0.5) is 0 Å². The smallest absolute Gasteiger partial charge is 0.160 e. The third-order valence-corrected chi connectivity index (χ3v) is 2.61. The molecule has 1 nitrogen and oxygen atoms in total.